The third-order valence-corrected chi connectivity index (χ3v) is 4.26. The van der Waals surface area contributed by atoms with Crippen LogP contribution in [0.4, 0.5) is 5.82 Å². The minimum atomic E-state index is 0.631. The Hall–Kier alpha value is -0.610. The van der Waals surface area contributed by atoms with Gasteiger partial charge in [-0.2, -0.15) is 0 Å². The smallest absolute Gasteiger partial charge is 0.129 e. The lowest BCUT2D eigenvalue weighted by Crippen LogP contribution is -2.30. The second kappa shape index (κ2) is 5.83. The van der Waals surface area contributed by atoms with Crippen molar-refractivity contribution in [2.24, 2.45) is 5.73 Å². The Bertz CT molecular complexity index is 381. The molecule has 0 bridgehead atoms. The number of halogens is 1. The minimum absolute atomic E-state index is 0.631. The molecule has 2 heterocycles. The third kappa shape index (κ3) is 2.99. The van der Waals surface area contributed by atoms with E-state index in [1.54, 1.807) is 0 Å². The molecule has 0 radical (unpaired) electrons. The summed E-state index contributed by atoms with van der Waals surface area (Å²) in [6.07, 6.45) is 4.84. The number of pyridine rings is 1. The van der Waals surface area contributed by atoms with E-state index < -0.39 is 0 Å². The molecule has 0 amide bonds. The first-order valence-corrected chi connectivity index (χ1v) is 7.11. The number of aryl methyl sites for hydroxylation is 1. The normalized spacial score (nSPS) is 19.9. The molecule has 4 heteroatoms. The van der Waals surface area contributed by atoms with Gasteiger partial charge in [0.1, 0.15) is 5.82 Å². The maximum Gasteiger partial charge on any atom is 0.129 e. The molecule has 1 fully saturated rings. The fourth-order valence-electron chi connectivity index (χ4n) is 2.48. The van der Waals surface area contributed by atoms with Crippen molar-refractivity contribution >= 4 is 21.7 Å². The Morgan fingerprint density at radius 1 is 1.53 bits per heavy atom. The van der Waals surface area contributed by atoms with Gasteiger partial charge >= 0.3 is 0 Å². The number of nitrogens with zero attached hydrogens (tertiary/aromatic N) is 2. The molecule has 1 unspecified atom stereocenters. The lowest BCUT2D eigenvalue weighted by atomic mass is 10.1. The molecule has 94 valence electrons. The Balaban J connectivity index is 2.11. The number of rotatable bonds is 4. The lowest BCUT2D eigenvalue weighted by Gasteiger charge is -2.26. The largest absolute Gasteiger partial charge is 0.354 e. The standard InChI is InChI=1S/C13H20BrN3/c1-10-12(14)6-7-13(16-10)17-9-3-5-11(17)4-2-8-15/h6-7,11H,2-5,8-9,15H2,1H3. The van der Waals surface area contributed by atoms with Crippen molar-refractivity contribution in [1.29, 1.82) is 0 Å². The van der Waals surface area contributed by atoms with Crippen molar-refractivity contribution in [3.8, 4) is 0 Å². The van der Waals surface area contributed by atoms with Crippen LogP contribution in [0.3, 0.4) is 0 Å². The zero-order valence-electron chi connectivity index (χ0n) is 10.3. The molecule has 1 aliphatic rings. The van der Waals surface area contributed by atoms with Crippen molar-refractivity contribution in [2.45, 2.75) is 38.6 Å². The van der Waals surface area contributed by atoms with E-state index in [9.17, 15) is 0 Å². The van der Waals surface area contributed by atoms with Crippen molar-refractivity contribution in [2.75, 3.05) is 18.0 Å². The molecule has 1 atom stereocenters. The summed E-state index contributed by atoms with van der Waals surface area (Å²) in [6, 6.07) is 4.83. The number of hydrogen-bond acceptors (Lipinski definition) is 3. The predicted octanol–water partition coefficient (Wildman–Crippen LogP) is 2.86. The maximum atomic E-state index is 5.59. The first kappa shape index (κ1) is 12.8. The van der Waals surface area contributed by atoms with Crippen LogP contribution in [0.5, 0.6) is 0 Å². The van der Waals surface area contributed by atoms with Gasteiger partial charge < -0.3 is 10.6 Å². The molecule has 0 spiro atoms. The molecule has 3 nitrogen and oxygen atoms in total. The van der Waals surface area contributed by atoms with Crippen molar-refractivity contribution in [3.63, 3.8) is 0 Å². The minimum Gasteiger partial charge on any atom is -0.354 e. The van der Waals surface area contributed by atoms with Crippen LogP contribution >= 0.6 is 15.9 Å². The summed E-state index contributed by atoms with van der Waals surface area (Å²) in [4.78, 5) is 7.10. The number of nitrogens with two attached hydrogens (primary N) is 1. The number of hydrogen-bond donors (Lipinski definition) is 1. The van der Waals surface area contributed by atoms with Crippen molar-refractivity contribution in [3.05, 3.63) is 22.3 Å². The Kier molecular flexibility index (Phi) is 4.40. The maximum absolute atomic E-state index is 5.59. The number of aromatic nitrogens is 1. The highest BCUT2D eigenvalue weighted by Gasteiger charge is 2.25. The zero-order valence-corrected chi connectivity index (χ0v) is 11.9. The van der Waals surface area contributed by atoms with Crippen LogP contribution in [-0.2, 0) is 0 Å². The summed E-state index contributed by atoms with van der Waals surface area (Å²) in [5, 5.41) is 0. The van der Waals surface area contributed by atoms with Crippen LogP contribution in [0, 0.1) is 6.92 Å². The number of anilines is 1. The molecule has 0 saturated carbocycles. The van der Waals surface area contributed by atoms with E-state index in [2.05, 4.69) is 37.9 Å². The quantitative estimate of drug-likeness (QED) is 0.929. The first-order chi connectivity index (χ1) is 8.22. The van der Waals surface area contributed by atoms with E-state index in [0.717, 1.165) is 35.5 Å². The molecule has 1 aliphatic heterocycles. The first-order valence-electron chi connectivity index (χ1n) is 6.32. The SMILES string of the molecule is Cc1nc(N2CCCC2CCCN)ccc1Br. The van der Waals surface area contributed by atoms with E-state index in [-0.39, 0.29) is 0 Å². The summed E-state index contributed by atoms with van der Waals surface area (Å²) >= 11 is 3.50. The third-order valence-electron chi connectivity index (χ3n) is 3.42. The molecular formula is C13H20BrN3. The average Bonchev–Trinajstić information content (AvgIpc) is 2.78. The summed E-state index contributed by atoms with van der Waals surface area (Å²) in [7, 11) is 0. The highest BCUT2D eigenvalue weighted by Crippen LogP contribution is 2.28. The summed E-state index contributed by atoms with van der Waals surface area (Å²) in [5.74, 6) is 1.12. The van der Waals surface area contributed by atoms with Crippen LogP contribution < -0.4 is 10.6 Å². The Labute approximate surface area is 112 Å². The van der Waals surface area contributed by atoms with Crippen molar-refractivity contribution < 1.29 is 0 Å². The van der Waals surface area contributed by atoms with Gasteiger partial charge in [-0.1, -0.05) is 0 Å². The zero-order chi connectivity index (χ0) is 12.3. The molecule has 0 aliphatic carbocycles. The predicted molar refractivity (Wildman–Crippen MR) is 75.3 cm³/mol. The molecule has 1 saturated heterocycles. The van der Waals surface area contributed by atoms with Gasteiger partial charge in [0, 0.05) is 17.1 Å². The van der Waals surface area contributed by atoms with Crippen LogP contribution in [0.2, 0.25) is 0 Å². The van der Waals surface area contributed by atoms with Gasteiger partial charge in [-0.25, -0.2) is 4.98 Å². The summed E-state index contributed by atoms with van der Waals surface area (Å²) in [6.45, 7) is 3.96. The molecular weight excluding hydrogens is 278 g/mol. The van der Waals surface area contributed by atoms with Gasteiger partial charge in [-0.3, -0.25) is 0 Å². The van der Waals surface area contributed by atoms with E-state index in [0.29, 0.717) is 6.04 Å². The van der Waals surface area contributed by atoms with Gasteiger partial charge in [0.2, 0.25) is 0 Å². The molecule has 0 aromatic carbocycles. The second-order valence-corrected chi connectivity index (χ2v) is 5.51. The van der Waals surface area contributed by atoms with Crippen LogP contribution in [-0.4, -0.2) is 24.1 Å². The highest BCUT2D eigenvalue weighted by molar-refractivity contribution is 9.10. The second-order valence-electron chi connectivity index (χ2n) is 4.66. The van der Waals surface area contributed by atoms with Gasteiger partial charge in [-0.15, -0.1) is 0 Å². The Morgan fingerprint density at radius 2 is 2.35 bits per heavy atom. The van der Waals surface area contributed by atoms with Crippen LogP contribution in [0.15, 0.2) is 16.6 Å². The topological polar surface area (TPSA) is 42.2 Å². The van der Waals surface area contributed by atoms with Crippen molar-refractivity contribution in [1.82, 2.24) is 4.98 Å². The molecule has 2 rings (SSSR count). The van der Waals surface area contributed by atoms with Crippen LogP contribution in [0.25, 0.3) is 0 Å². The van der Waals surface area contributed by atoms with E-state index in [1.165, 1.54) is 19.3 Å². The highest BCUT2D eigenvalue weighted by atomic mass is 79.9. The fraction of sp³-hybridized carbons (Fsp3) is 0.615. The van der Waals surface area contributed by atoms with Gasteiger partial charge in [0.25, 0.3) is 0 Å². The summed E-state index contributed by atoms with van der Waals surface area (Å²) in [5.41, 5.74) is 6.66. The van der Waals surface area contributed by atoms with E-state index in [1.807, 2.05) is 6.92 Å². The molecule has 2 N–H and O–H groups in total. The van der Waals surface area contributed by atoms with Gasteiger partial charge in [0.15, 0.2) is 0 Å². The monoisotopic (exact) mass is 297 g/mol. The van der Waals surface area contributed by atoms with E-state index >= 15 is 0 Å². The lowest BCUT2D eigenvalue weighted by molar-refractivity contribution is 0.582. The summed E-state index contributed by atoms with van der Waals surface area (Å²) < 4.78 is 1.08. The Morgan fingerprint density at radius 3 is 3.06 bits per heavy atom. The fourth-order valence-corrected chi connectivity index (χ4v) is 2.70. The van der Waals surface area contributed by atoms with Gasteiger partial charge in [-0.05, 0) is 67.2 Å². The van der Waals surface area contributed by atoms with E-state index in [4.69, 9.17) is 5.73 Å². The molecule has 1 aromatic rings. The molecule has 1 aromatic heterocycles. The molecule has 17 heavy (non-hydrogen) atoms. The van der Waals surface area contributed by atoms with Crippen LogP contribution in [0.1, 0.15) is 31.4 Å². The average molecular weight is 298 g/mol. The van der Waals surface area contributed by atoms with Gasteiger partial charge in [0.05, 0.1) is 5.69 Å².